The molecule has 0 radical (unpaired) electrons. The van der Waals surface area contributed by atoms with Crippen molar-refractivity contribution in [3.63, 3.8) is 0 Å². The second-order valence-electron chi connectivity index (χ2n) is 6.29. The van der Waals surface area contributed by atoms with Gasteiger partial charge in [0.1, 0.15) is 6.61 Å². The van der Waals surface area contributed by atoms with Gasteiger partial charge in [-0.15, -0.1) is 0 Å². The van der Waals surface area contributed by atoms with Crippen LogP contribution in [0.4, 0.5) is 5.69 Å². The van der Waals surface area contributed by atoms with Crippen molar-refractivity contribution in [2.24, 2.45) is 0 Å². The Balaban J connectivity index is 1.73. The van der Waals surface area contributed by atoms with Crippen LogP contribution < -0.4 is 14.8 Å². The molecule has 0 amide bonds. The molecule has 0 heterocycles. The number of benzene rings is 3. The Kier molecular flexibility index (Phi) is 7.48. The average Bonchev–Trinajstić information content (AvgIpc) is 2.69. The zero-order chi connectivity index (χ0) is 20.1. The summed E-state index contributed by atoms with van der Waals surface area (Å²) in [6.07, 6.45) is 0. The van der Waals surface area contributed by atoms with Crippen LogP contribution in [0.25, 0.3) is 0 Å². The van der Waals surface area contributed by atoms with Crippen LogP contribution in [0.3, 0.4) is 0 Å². The second kappa shape index (κ2) is 9.85. The number of rotatable bonds is 7. The van der Waals surface area contributed by atoms with Gasteiger partial charge in [0.25, 0.3) is 0 Å². The standard InChI is InChI=1S/C22H20BrClINO2/c1-14-18(24)4-3-5-20(14)26-12-16-10-19(25)22(21(11-16)27-2)28-13-15-6-8-17(23)9-7-15/h3-11,26H,12-13H2,1-2H3. The van der Waals surface area contributed by atoms with E-state index >= 15 is 0 Å². The molecule has 0 aliphatic heterocycles. The normalized spacial score (nSPS) is 10.6. The Morgan fingerprint density at radius 2 is 1.82 bits per heavy atom. The summed E-state index contributed by atoms with van der Waals surface area (Å²) in [5, 5.41) is 4.20. The van der Waals surface area contributed by atoms with Crippen molar-refractivity contribution in [2.75, 3.05) is 12.4 Å². The van der Waals surface area contributed by atoms with E-state index in [2.05, 4.69) is 49.9 Å². The summed E-state index contributed by atoms with van der Waals surface area (Å²) < 4.78 is 13.7. The monoisotopic (exact) mass is 571 g/mol. The first-order valence-electron chi connectivity index (χ1n) is 8.70. The summed E-state index contributed by atoms with van der Waals surface area (Å²) in [4.78, 5) is 0. The number of nitrogens with one attached hydrogen (secondary N) is 1. The topological polar surface area (TPSA) is 30.5 Å². The molecule has 0 spiro atoms. The lowest BCUT2D eigenvalue weighted by molar-refractivity contribution is 0.282. The van der Waals surface area contributed by atoms with Crippen molar-refractivity contribution >= 4 is 55.8 Å². The Labute approximate surface area is 192 Å². The first kappa shape index (κ1) is 21.3. The lowest BCUT2D eigenvalue weighted by Crippen LogP contribution is -2.04. The number of anilines is 1. The van der Waals surface area contributed by atoms with Gasteiger partial charge in [-0.2, -0.15) is 0 Å². The van der Waals surface area contributed by atoms with Crippen molar-refractivity contribution < 1.29 is 9.47 Å². The van der Waals surface area contributed by atoms with Crippen LogP contribution in [-0.4, -0.2) is 7.11 Å². The minimum Gasteiger partial charge on any atom is -0.493 e. The lowest BCUT2D eigenvalue weighted by Gasteiger charge is -2.16. The third kappa shape index (κ3) is 5.33. The number of hydrogen-bond acceptors (Lipinski definition) is 3. The van der Waals surface area contributed by atoms with Crippen molar-refractivity contribution in [2.45, 2.75) is 20.1 Å². The van der Waals surface area contributed by atoms with Gasteiger partial charge in [0.05, 0.1) is 10.7 Å². The number of ether oxygens (including phenoxy) is 2. The van der Waals surface area contributed by atoms with Crippen LogP contribution in [0.1, 0.15) is 16.7 Å². The number of methoxy groups -OCH3 is 1. The van der Waals surface area contributed by atoms with Crippen LogP contribution in [0.2, 0.25) is 5.02 Å². The molecule has 6 heteroatoms. The molecule has 0 fully saturated rings. The molecular weight excluding hydrogens is 553 g/mol. The molecular formula is C22H20BrClINO2. The van der Waals surface area contributed by atoms with E-state index in [4.69, 9.17) is 21.1 Å². The zero-order valence-electron chi connectivity index (χ0n) is 15.6. The average molecular weight is 573 g/mol. The van der Waals surface area contributed by atoms with Gasteiger partial charge < -0.3 is 14.8 Å². The Hall–Kier alpha value is -1.44. The van der Waals surface area contributed by atoms with Gasteiger partial charge in [0.15, 0.2) is 11.5 Å². The first-order valence-corrected chi connectivity index (χ1v) is 11.0. The van der Waals surface area contributed by atoms with Gasteiger partial charge in [0.2, 0.25) is 0 Å². The van der Waals surface area contributed by atoms with Gasteiger partial charge in [0, 0.05) is 21.7 Å². The van der Waals surface area contributed by atoms with Gasteiger partial charge in [-0.25, -0.2) is 0 Å². The highest BCUT2D eigenvalue weighted by molar-refractivity contribution is 14.1. The molecule has 3 aromatic carbocycles. The third-order valence-electron chi connectivity index (χ3n) is 4.34. The number of hydrogen-bond donors (Lipinski definition) is 1. The molecule has 3 nitrogen and oxygen atoms in total. The summed E-state index contributed by atoms with van der Waals surface area (Å²) in [6.45, 7) is 3.16. The predicted octanol–water partition coefficient (Wildman–Crippen LogP) is 7.22. The summed E-state index contributed by atoms with van der Waals surface area (Å²) in [7, 11) is 1.66. The van der Waals surface area contributed by atoms with E-state index in [0.29, 0.717) is 13.2 Å². The van der Waals surface area contributed by atoms with Crippen LogP contribution >= 0.6 is 50.1 Å². The van der Waals surface area contributed by atoms with E-state index in [0.717, 1.165) is 46.9 Å². The minimum atomic E-state index is 0.485. The SMILES string of the molecule is COc1cc(CNc2cccc(Cl)c2C)cc(I)c1OCc1ccc(Br)cc1. The quantitative estimate of drug-likeness (QED) is 0.304. The molecule has 1 N–H and O–H groups in total. The zero-order valence-corrected chi connectivity index (χ0v) is 20.1. The number of halogens is 3. The molecule has 0 saturated carbocycles. The van der Waals surface area contributed by atoms with Gasteiger partial charge in [-0.05, 0) is 82.6 Å². The highest BCUT2D eigenvalue weighted by atomic mass is 127. The molecule has 28 heavy (non-hydrogen) atoms. The van der Waals surface area contributed by atoms with Gasteiger partial charge >= 0.3 is 0 Å². The highest BCUT2D eigenvalue weighted by Gasteiger charge is 2.12. The van der Waals surface area contributed by atoms with E-state index < -0.39 is 0 Å². The maximum Gasteiger partial charge on any atom is 0.174 e. The van der Waals surface area contributed by atoms with Crippen LogP contribution in [0, 0.1) is 10.5 Å². The molecule has 3 aromatic rings. The van der Waals surface area contributed by atoms with Gasteiger partial charge in [-0.1, -0.05) is 45.7 Å². The van der Waals surface area contributed by atoms with Crippen molar-refractivity contribution in [1.82, 2.24) is 0 Å². The van der Waals surface area contributed by atoms with Crippen LogP contribution in [0.5, 0.6) is 11.5 Å². The maximum absolute atomic E-state index is 6.20. The maximum atomic E-state index is 6.20. The lowest BCUT2D eigenvalue weighted by atomic mass is 10.1. The van der Waals surface area contributed by atoms with E-state index in [1.165, 1.54) is 0 Å². The fraction of sp³-hybridized carbons (Fsp3) is 0.182. The van der Waals surface area contributed by atoms with E-state index in [9.17, 15) is 0 Å². The molecule has 3 rings (SSSR count). The molecule has 0 saturated heterocycles. The fourth-order valence-corrected chi connectivity index (χ4v) is 4.01. The van der Waals surface area contributed by atoms with Crippen molar-refractivity contribution in [3.05, 3.63) is 84.4 Å². The highest BCUT2D eigenvalue weighted by Crippen LogP contribution is 2.35. The van der Waals surface area contributed by atoms with Crippen LogP contribution in [0.15, 0.2) is 59.1 Å². The smallest absolute Gasteiger partial charge is 0.174 e. The molecule has 0 aromatic heterocycles. The molecule has 0 aliphatic carbocycles. The van der Waals surface area contributed by atoms with Crippen molar-refractivity contribution in [1.29, 1.82) is 0 Å². The second-order valence-corrected chi connectivity index (χ2v) is 8.78. The van der Waals surface area contributed by atoms with Crippen molar-refractivity contribution in [3.8, 4) is 11.5 Å². The van der Waals surface area contributed by atoms with E-state index in [1.54, 1.807) is 7.11 Å². The Bertz CT molecular complexity index is 963. The first-order chi connectivity index (χ1) is 13.5. The Morgan fingerprint density at radius 3 is 2.54 bits per heavy atom. The summed E-state index contributed by atoms with van der Waals surface area (Å²) in [5.74, 6) is 1.48. The van der Waals surface area contributed by atoms with E-state index in [1.807, 2.05) is 55.5 Å². The minimum absolute atomic E-state index is 0.485. The summed E-state index contributed by atoms with van der Waals surface area (Å²) >= 11 is 11.9. The third-order valence-corrected chi connectivity index (χ3v) is 6.08. The molecule has 0 unspecified atom stereocenters. The van der Waals surface area contributed by atoms with Crippen LogP contribution in [-0.2, 0) is 13.2 Å². The summed E-state index contributed by atoms with van der Waals surface area (Å²) in [6, 6.07) is 18.1. The molecule has 0 aliphatic rings. The van der Waals surface area contributed by atoms with E-state index in [-0.39, 0.29) is 0 Å². The largest absolute Gasteiger partial charge is 0.493 e. The Morgan fingerprint density at radius 1 is 1.07 bits per heavy atom. The predicted molar refractivity (Wildman–Crippen MR) is 128 cm³/mol. The molecule has 0 bridgehead atoms. The molecule has 146 valence electrons. The summed E-state index contributed by atoms with van der Waals surface area (Å²) in [5.41, 5.74) is 4.28. The fourth-order valence-electron chi connectivity index (χ4n) is 2.75. The van der Waals surface area contributed by atoms with Gasteiger partial charge in [-0.3, -0.25) is 0 Å². The molecule has 0 atom stereocenters.